The molecule has 1 unspecified atom stereocenters. The summed E-state index contributed by atoms with van der Waals surface area (Å²) in [5, 5.41) is 2.17. The molecule has 0 aromatic heterocycles. The van der Waals surface area contributed by atoms with Crippen LogP contribution in [-0.4, -0.2) is 63.9 Å². The van der Waals surface area contributed by atoms with Crippen molar-refractivity contribution in [1.82, 2.24) is 14.9 Å². The number of imide groups is 1. The molecule has 0 saturated carbocycles. The molecule has 1 atom stereocenters. The van der Waals surface area contributed by atoms with Crippen molar-refractivity contribution in [3.05, 3.63) is 59.7 Å². The lowest BCUT2D eigenvalue weighted by atomic mass is 10.1. The van der Waals surface area contributed by atoms with Gasteiger partial charge in [-0.3, -0.25) is 19.8 Å². The summed E-state index contributed by atoms with van der Waals surface area (Å²) in [4.78, 5) is 28.0. The zero-order valence-electron chi connectivity index (χ0n) is 16.7. The zero-order chi connectivity index (χ0) is 21.3. The van der Waals surface area contributed by atoms with Crippen molar-refractivity contribution in [3.8, 4) is 0 Å². The molecule has 2 heterocycles. The van der Waals surface area contributed by atoms with Crippen LogP contribution in [0.3, 0.4) is 0 Å². The van der Waals surface area contributed by atoms with Crippen LogP contribution in [0.4, 0.5) is 5.69 Å². The minimum atomic E-state index is -3.79. The van der Waals surface area contributed by atoms with Gasteiger partial charge in [-0.25, -0.2) is 13.1 Å². The summed E-state index contributed by atoms with van der Waals surface area (Å²) in [5.41, 5.74) is 1.49. The van der Waals surface area contributed by atoms with E-state index in [1.807, 2.05) is 25.1 Å². The van der Waals surface area contributed by atoms with E-state index in [1.165, 1.54) is 23.9 Å². The lowest BCUT2D eigenvalue weighted by molar-refractivity contribution is 0.0879. The number of hydrogen-bond donors (Lipinski definition) is 2. The van der Waals surface area contributed by atoms with Crippen LogP contribution < -0.4 is 14.9 Å². The van der Waals surface area contributed by atoms with Crippen molar-refractivity contribution in [2.24, 2.45) is 0 Å². The highest BCUT2D eigenvalue weighted by molar-refractivity contribution is 7.89. The third-order valence-corrected chi connectivity index (χ3v) is 7.07. The van der Waals surface area contributed by atoms with E-state index < -0.39 is 21.8 Å². The zero-order valence-corrected chi connectivity index (χ0v) is 17.5. The number of piperazine rings is 1. The second-order valence-electron chi connectivity index (χ2n) is 7.55. The SMILES string of the molecule is CC(CNS(=O)(=O)c1ccc2c(c1)C(=O)NC2=O)N1CCN(c2ccccc2)CC1. The Morgan fingerprint density at radius 3 is 2.33 bits per heavy atom. The van der Waals surface area contributed by atoms with Crippen LogP contribution in [0.15, 0.2) is 53.4 Å². The number of anilines is 1. The van der Waals surface area contributed by atoms with Crippen LogP contribution in [0.5, 0.6) is 0 Å². The summed E-state index contributed by atoms with van der Waals surface area (Å²) in [7, 11) is -3.79. The van der Waals surface area contributed by atoms with Gasteiger partial charge in [0.25, 0.3) is 11.8 Å². The molecule has 2 aromatic carbocycles. The molecule has 2 aliphatic heterocycles. The van der Waals surface area contributed by atoms with Gasteiger partial charge in [0.1, 0.15) is 0 Å². The average Bonchev–Trinajstić information content (AvgIpc) is 3.06. The summed E-state index contributed by atoms with van der Waals surface area (Å²) in [6.45, 7) is 5.72. The molecule has 2 amide bonds. The van der Waals surface area contributed by atoms with Crippen molar-refractivity contribution in [1.29, 1.82) is 0 Å². The molecule has 2 N–H and O–H groups in total. The summed E-state index contributed by atoms with van der Waals surface area (Å²) in [6, 6.07) is 14.2. The maximum Gasteiger partial charge on any atom is 0.258 e. The van der Waals surface area contributed by atoms with E-state index in [9.17, 15) is 18.0 Å². The van der Waals surface area contributed by atoms with E-state index in [0.29, 0.717) is 0 Å². The van der Waals surface area contributed by atoms with Gasteiger partial charge < -0.3 is 4.90 Å². The standard InChI is InChI=1S/C21H24N4O4S/c1-15(24-9-11-25(12-10-24)16-5-3-2-4-6-16)14-22-30(28,29)17-7-8-18-19(13-17)21(27)23-20(18)26/h2-8,13,15,22H,9-12,14H2,1H3,(H,23,26,27). The predicted octanol–water partition coefficient (Wildman–Crippen LogP) is 1.06. The smallest absolute Gasteiger partial charge is 0.258 e. The number of rotatable bonds is 6. The first-order valence-corrected chi connectivity index (χ1v) is 11.4. The van der Waals surface area contributed by atoms with Gasteiger partial charge in [0.15, 0.2) is 0 Å². The average molecular weight is 429 g/mol. The Kier molecular flexibility index (Phi) is 5.59. The molecule has 0 bridgehead atoms. The normalized spacial score (nSPS) is 18.2. The summed E-state index contributed by atoms with van der Waals surface area (Å²) >= 11 is 0. The van der Waals surface area contributed by atoms with Crippen LogP contribution in [0, 0.1) is 0 Å². The van der Waals surface area contributed by atoms with Crippen molar-refractivity contribution in [3.63, 3.8) is 0 Å². The first-order valence-electron chi connectivity index (χ1n) is 9.88. The second kappa shape index (κ2) is 8.17. The van der Waals surface area contributed by atoms with Crippen LogP contribution in [0.25, 0.3) is 0 Å². The lowest BCUT2D eigenvalue weighted by Gasteiger charge is -2.39. The number of nitrogens with one attached hydrogen (secondary N) is 2. The Labute approximate surface area is 175 Å². The number of sulfonamides is 1. The molecule has 30 heavy (non-hydrogen) atoms. The summed E-state index contributed by atoms with van der Waals surface area (Å²) in [6.07, 6.45) is 0. The Balaban J connectivity index is 1.35. The molecule has 0 radical (unpaired) electrons. The van der Waals surface area contributed by atoms with Crippen molar-refractivity contribution in [2.45, 2.75) is 17.9 Å². The fourth-order valence-electron chi connectivity index (χ4n) is 3.82. The Morgan fingerprint density at radius 2 is 1.63 bits per heavy atom. The molecule has 4 rings (SSSR count). The molecule has 1 fully saturated rings. The molecule has 9 heteroatoms. The molecule has 0 spiro atoms. The second-order valence-corrected chi connectivity index (χ2v) is 9.32. The molecule has 158 valence electrons. The third kappa shape index (κ3) is 4.09. The molecule has 1 saturated heterocycles. The Hall–Kier alpha value is -2.75. The molecule has 8 nitrogen and oxygen atoms in total. The van der Waals surface area contributed by atoms with Crippen molar-refractivity contribution in [2.75, 3.05) is 37.6 Å². The monoisotopic (exact) mass is 428 g/mol. The van der Waals surface area contributed by atoms with Crippen molar-refractivity contribution >= 4 is 27.5 Å². The van der Waals surface area contributed by atoms with E-state index >= 15 is 0 Å². The molecule has 2 aliphatic rings. The van der Waals surface area contributed by atoms with Gasteiger partial charge in [0, 0.05) is 44.5 Å². The minimum Gasteiger partial charge on any atom is -0.369 e. The molecule has 2 aromatic rings. The number of benzene rings is 2. The molecular formula is C21H24N4O4S. The van der Waals surface area contributed by atoms with Gasteiger partial charge in [0.2, 0.25) is 10.0 Å². The number of carbonyl (C=O) groups excluding carboxylic acids is 2. The van der Waals surface area contributed by atoms with Crippen molar-refractivity contribution < 1.29 is 18.0 Å². The van der Waals surface area contributed by atoms with Crippen LogP contribution in [-0.2, 0) is 10.0 Å². The number of amides is 2. The van der Waals surface area contributed by atoms with E-state index in [4.69, 9.17) is 0 Å². The highest BCUT2D eigenvalue weighted by Crippen LogP contribution is 2.21. The van der Waals surface area contributed by atoms with Crippen LogP contribution >= 0.6 is 0 Å². The van der Waals surface area contributed by atoms with E-state index in [0.717, 1.165) is 26.2 Å². The molecule has 0 aliphatic carbocycles. The number of para-hydroxylation sites is 1. The minimum absolute atomic E-state index is 0.0211. The number of carbonyl (C=O) groups is 2. The largest absolute Gasteiger partial charge is 0.369 e. The van der Waals surface area contributed by atoms with Gasteiger partial charge >= 0.3 is 0 Å². The van der Waals surface area contributed by atoms with Crippen LogP contribution in [0.1, 0.15) is 27.6 Å². The third-order valence-electron chi connectivity index (χ3n) is 5.65. The number of hydrogen-bond acceptors (Lipinski definition) is 6. The fraction of sp³-hybridized carbons (Fsp3) is 0.333. The van der Waals surface area contributed by atoms with E-state index in [-0.39, 0.29) is 28.6 Å². The predicted molar refractivity (Wildman–Crippen MR) is 113 cm³/mol. The quantitative estimate of drug-likeness (QED) is 0.668. The van der Waals surface area contributed by atoms with Gasteiger partial charge in [-0.2, -0.15) is 0 Å². The summed E-state index contributed by atoms with van der Waals surface area (Å²) < 4.78 is 28.0. The highest BCUT2D eigenvalue weighted by Gasteiger charge is 2.29. The molecular weight excluding hydrogens is 404 g/mol. The fourth-order valence-corrected chi connectivity index (χ4v) is 4.96. The van der Waals surface area contributed by atoms with E-state index in [1.54, 1.807) is 0 Å². The topological polar surface area (TPSA) is 98.8 Å². The van der Waals surface area contributed by atoms with Gasteiger partial charge in [0.05, 0.1) is 16.0 Å². The first kappa shape index (κ1) is 20.5. The summed E-state index contributed by atoms with van der Waals surface area (Å²) in [5.74, 6) is -1.08. The number of fused-ring (bicyclic) bond motifs is 1. The van der Waals surface area contributed by atoms with Crippen LogP contribution in [0.2, 0.25) is 0 Å². The van der Waals surface area contributed by atoms with Gasteiger partial charge in [-0.15, -0.1) is 0 Å². The van der Waals surface area contributed by atoms with Gasteiger partial charge in [-0.1, -0.05) is 18.2 Å². The van der Waals surface area contributed by atoms with E-state index in [2.05, 4.69) is 32.0 Å². The van der Waals surface area contributed by atoms with Gasteiger partial charge in [-0.05, 0) is 37.3 Å². The maximum absolute atomic E-state index is 12.7. The highest BCUT2D eigenvalue weighted by atomic mass is 32.2. The maximum atomic E-state index is 12.7. The number of nitrogens with zero attached hydrogens (tertiary/aromatic N) is 2. The lowest BCUT2D eigenvalue weighted by Crippen LogP contribution is -2.52. The Bertz CT molecular complexity index is 1060. The first-order chi connectivity index (χ1) is 14.3. The Morgan fingerprint density at radius 1 is 0.967 bits per heavy atom.